The summed E-state index contributed by atoms with van der Waals surface area (Å²) in [4.78, 5) is 23.1. The van der Waals surface area contributed by atoms with E-state index in [0.717, 1.165) is 0 Å². The van der Waals surface area contributed by atoms with Crippen LogP contribution in [0, 0.1) is 16.0 Å². The summed E-state index contributed by atoms with van der Waals surface area (Å²) in [5, 5.41) is 10.8. The first-order valence-corrected chi connectivity index (χ1v) is 8.46. The molecule has 1 saturated heterocycles. The van der Waals surface area contributed by atoms with E-state index in [1.54, 1.807) is 20.8 Å². The van der Waals surface area contributed by atoms with Gasteiger partial charge in [0.1, 0.15) is 11.4 Å². The summed E-state index contributed by atoms with van der Waals surface area (Å²) in [6.45, 7) is 5.02. The zero-order valence-electron chi connectivity index (χ0n) is 15.8. The lowest BCUT2D eigenvalue weighted by atomic mass is 10.0. The Morgan fingerprint density at radius 3 is 2.28 bits per heavy atom. The van der Waals surface area contributed by atoms with Crippen LogP contribution in [0.1, 0.15) is 26.3 Å². The lowest BCUT2D eigenvalue weighted by Crippen LogP contribution is -2.53. The molecule has 1 amide bonds. The summed E-state index contributed by atoms with van der Waals surface area (Å²) in [7, 11) is 0. The van der Waals surface area contributed by atoms with Gasteiger partial charge in [-0.05, 0) is 26.8 Å². The molecular formula is C17H19F5N2O5. The van der Waals surface area contributed by atoms with Crippen LogP contribution in [0.5, 0.6) is 5.75 Å². The van der Waals surface area contributed by atoms with Gasteiger partial charge >= 0.3 is 18.2 Å². The van der Waals surface area contributed by atoms with Crippen LogP contribution < -0.4 is 4.74 Å². The van der Waals surface area contributed by atoms with Crippen molar-refractivity contribution < 1.29 is 41.1 Å². The average molecular weight is 426 g/mol. The molecule has 0 radical (unpaired) electrons. The number of hydrogen-bond acceptors (Lipinski definition) is 5. The number of nitrogens with zero attached hydrogens (tertiary/aromatic N) is 2. The molecular weight excluding hydrogens is 407 g/mol. The van der Waals surface area contributed by atoms with Crippen LogP contribution in [0.4, 0.5) is 32.4 Å². The van der Waals surface area contributed by atoms with E-state index >= 15 is 0 Å². The Hall–Kier alpha value is -2.66. The minimum Gasteiger partial charge on any atom is -0.492 e. The number of amides is 1. The lowest BCUT2D eigenvalue weighted by molar-refractivity contribution is -0.385. The molecule has 7 nitrogen and oxygen atoms in total. The third kappa shape index (κ3) is 5.24. The summed E-state index contributed by atoms with van der Waals surface area (Å²) in [5.74, 6) is -6.54. The first-order valence-electron chi connectivity index (χ1n) is 8.46. The van der Waals surface area contributed by atoms with Gasteiger partial charge in [0.2, 0.25) is 0 Å². The molecule has 1 aliphatic rings. The number of likely N-dealkylation sites (tertiary alicyclic amines) is 1. The fourth-order valence-corrected chi connectivity index (χ4v) is 2.51. The minimum atomic E-state index is -5.90. The second kappa shape index (κ2) is 7.64. The number of ether oxygens (including phenoxy) is 2. The maximum absolute atomic E-state index is 13.8. The maximum Gasteiger partial charge on any atom is 0.458 e. The molecule has 162 valence electrons. The molecule has 1 aromatic rings. The average Bonchev–Trinajstić information content (AvgIpc) is 2.50. The highest BCUT2D eigenvalue weighted by atomic mass is 19.4. The van der Waals surface area contributed by atoms with Crippen LogP contribution in [0.3, 0.4) is 0 Å². The minimum absolute atomic E-state index is 0.148. The molecule has 1 heterocycles. The van der Waals surface area contributed by atoms with E-state index < -0.39 is 45.7 Å². The Labute approximate surface area is 162 Å². The van der Waals surface area contributed by atoms with E-state index in [9.17, 15) is 36.9 Å². The van der Waals surface area contributed by atoms with Gasteiger partial charge in [-0.2, -0.15) is 22.0 Å². The smallest absolute Gasteiger partial charge is 0.458 e. The molecule has 12 heteroatoms. The van der Waals surface area contributed by atoms with Crippen molar-refractivity contribution in [1.29, 1.82) is 0 Å². The molecule has 2 rings (SSSR count). The van der Waals surface area contributed by atoms with Gasteiger partial charge in [0.05, 0.1) is 23.2 Å². The normalized spacial score (nSPS) is 15.7. The van der Waals surface area contributed by atoms with Crippen LogP contribution in [0.25, 0.3) is 0 Å². The fraction of sp³-hybridized carbons (Fsp3) is 0.588. The summed E-state index contributed by atoms with van der Waals surface area (Å²) in [5.41, 5.74) is -2.91. The number of carbonyl (C=O) groups excluding carboxylic acids is 1. The summed E-state index contributed by atoms with van der Waals surface area (Å²) < 4.78 is 75.9. The Bertz CT molecular complexity index is 785. The largest absolute Gasteiger partial charge is 0.492 e. The molecule has 0 bridgehead atoms. The molecule has 0 unspecified atom stereocenters. The van der Waals surface area contributed by atoms with Crippen molar-refractivity contribution in [3.8, 4) is 5.75 Å². The molecule has 0 saturated carbocycles. The van der Waals surface area contributed by atoms with Gasteiger partial charge in [-0.1, -0.05) is 0 Å². The molecule has 0 aromatic heterocycles. The second-order valence-corrected chi connectivity index (χ2v) is 7.57. The molecule has 1 fully saturated rings. The van der Waals surface area contributed by atoms with E-state index in [2.05, 4.69) is 0 Å². The van der Waals surface area contributed by atoms with E-state index in [0.29, 0.717) is 18.2 Å². The highest BCUT2D eigenvalue weighted by Gasteiger charge is 2.60. The van der Waals surface area contributed by atoms with Crippen LogP contribution in [-0.2, 0) is 10.7 Å². The molecule has 0 atom stereocenters. The van der Waals surface area contributed by atoms with Crippen molar-refractivity contribution in [3.63, 3.8) is 0 Å². The number of hydrogen-bond donors (Lipinski definition) is 0. The van der Waals surface area contributed by atoms with Crippen molar-refractivity contribution in [3.05, 3.63) is 33.9 Å². The highest BCUT2D eigenvalue weighted by molar-refractivity contribution is 5.69. The fourth-order valence-electron chi connectivity index (χ4n) is 2.51. The topological polar surface area (TPSA) is 81.9 Å². The van der Waals surface area contributed by atoms with Crippen LogP contribution in [0.15, 0.2) is 18.2 Å². The predicted octanol–water partition coefficient (Wildman–Crippen LogP) is 4.49. The van der Waals surface area contributed by atoms with Crippen LogP contribution in [0.2, 0.25) is 0 Å². The zero-order valence-corrected chi connectivity index (χ0v) is 15.8. The van der Waals surface area contributed by atoms with Gasteiger partial charge in [-0.3, -0.25) is 10.1 Å². The standard InChI is InChI=1S/C17H19F5N2O5/c1-15(2,3)29-14(25)23-7-10(8-23)9-28-13-6-11(24(26)27)4-5-12(13)16(18,19)17(20,21)22/h4-6,10H,7-9H2,1-3H3. The van der Waals surface area contributed by atoms with Crippen molar-refractivity contribution in [1.82, 2.24) is 4.90 Å². The van der Waals surface area contributed by atoms with E-state index in [1.165, 1.54) is 4.90 Å². The van der Waals surface area contributed by atoms with Crippen LogP contribution in [-0.4, -0.2) is 47.4 Å². The van der Waals surface area contributed by atoms with Gasteiger partial charge in [0, 0.05) is 25.1 Å². The molecule has 0 N–H and O–H groups in total. The molecule has 0 spiro atoms. The van der Waals surface area contributed by atoms with Crippen LogP contribution >= 0.6 is 0 Å². The van der Waals surface area contributed by atoms with E-state index in [-0.39, 0.29) is 25.6 Å². The van der Waals surface area contributed by atoms with E-state index in [4.69, 9.17) is 9.47 Å². The number of non-ortho nitro benzene ring substituents is 1. The first-order chi connectivity index (χ1) is 13.1. The Balaban J connectivity index is 2.10. The van der Waals surface area contributed by atoms with Gasteiger partial charge < -0.3 is 14.4 Å². The Morgan fingerprint density at radius 1 is 1.21 bits per heavy atom. The maximum atomic E-state index is 13.8. The Morgan fingerprint density at radius 2 is 1.79 bits per heavy atom. The third-order valence-corrected chi connectivity index (χ3v) is 3.95. The van der Waals surface area contributed by atoms with Crippen molar-refractivity contribution in [2.45, 2.75) is 38.5 Å². The van der Waals surface area contributed by atoms with Gasteiger partial charge in [0.15, 0.2) is 0 Å². The predicted molar refractivity (Wildman–Crippen MR) is 89.8 cm³/mol. The van der Waals surface area contributed by atoms with Crippen molar-refractivity contribution >= 4 is 11.8 Å². The number of carbonyl (C=O) groups is 1. The molecule has 0 aliphatic carbocycles. The molecule has 1 aromatic carbocycles. The van der Waals surface area contributed by atoms with Gasteiger partial charge in [0.25, 0.3) is 5.69 Å². The third-order valence-electron chi connectivity index (χ3n) is 3.95. The monoisotopic (exact) mass is 426 g/mol. The first kappa shape index (κ1) is 22.6. The quantitative estimate of drug-likeness (QED) is 0.394. The highest BCUT2D eigenvalue weighted by Crippen LogP contribution is 2.48. The number of nitro benzene ring substituents is 1. The van der Waals surface area contributed by atoms with E-state index in [1.807, 2.05) is 0 Å². The number of nitro groups is 1. The lowest BCUT2D eigenvalue weighted by Gasteiger charge is -2.39. The van der Waals surface area contributed by atoms with Gasteiger partial charge in [-0.25, -0.2) is 4.79 Å². The molecule has 1 aliphatic heterocycles. The zero-order chi connectivity index (χ0) is 22.2. The van der Waals surface area contributed by atoms with Crippen molar-refractivity contribution in [2.24, 2.45) is 5.92 Å². The molecule has 29 heavy (non-hydrogen) atoms. The number of halogens is 5. The SMILES string of the molecule is CC(C)(C)OC(=O)N1CC(COc2cc([N+](=O)[O-])ccc2C(F)(F)C(F)(F)F)C1. The number of rotatable bonds is 5. The summed E-state index contributed by atoms with van der Waals surface area (Å²) >= 11 is 0. The van der Waals surface area contributed by atoms with Gasteiger partial charge in [-0.15, -0.1) is 0 Å². The Kier molecular flexibility index (Phi) is 5.96. The summed E-state index contributed by atoms with van der Waals surface area (Å²) in [6.07, 6.45) is -6.49. The number of benzene rings is 1. The number of alkyl halides is 5. The van der Waals surface area contributed by atoms with Crippen molar-refractivity contribution in [2.75, 3.05) is 19.7 Å². The second-order valence-electron chi connectivity index (χ2n) is 7.57. The summed E-state index contributed by atoms with van der Waals surface area (Å²) in [6, 6.07) is 1.41.